The number of allylic oxidation sites excluding steroid dienone is 1. The maximum Gasteiger partial charge on any atom is 0.187 e. The number of hydrogen-bond acceptors (Lipinski definition) is 23. The first-order chi connectivity index (χ1) is 34.8. The predicted octanol–water partition coefficient (Wildman–Crippen LogP) is -2.86. The molecule has 9 aliphatic rings. The fraction of sp³-hybridized carbons (Fsp3) is 0.961. The van der Waals surface area contributed by atoms with Crippen molar-refractivity contribution in [3.8, 4) is 0 Å². The van der Waals surface area contributed by atoms with E-state index in [1.165, 1.54) is 19.4 Å². The molecule has 0 aromatic heterocycles. The van der Waals surface area contributed by atoms with Crippen molar-refractivity contribution in [2.24, 2.45) is 40.4 Å². The summed E-state index contributed by atoms with van der Waals surface area (Å²) < 4.78 is 54.3. The summed E-state index contributed by atoms with van der Waals surface area (Å²) >= 11 is 0. The Morgan fingerprint density at radius 1 is 0.635 bits per heavy atom. The van der Waals surface area contributed by atoms with Gasteiger partial charge in [-0.25, -0.2) is 0 Å². The zero-order chi connectivity index (χ0) is 53.7. The fourth-order valence-corrected chi connectivity index (χ4v) is 14.9. The molecule has 31 unspecified atom stereocenters. The molecule has 23 heteroatoms. The third kappa shape index (κ3) is 9.68. The molecule has 9 rings (SSSR count). The van der Waals surface area contributed by atoms with Gasteiger partial charge < -0.3 is 114 Å². The molecule has 14 N–H and O–H groups in total. The minimum atomic E-state index is -1.77. The van der Waals surface area contributed by atoms with E-state index in [1.807, 2.05) is 13.8 Å². The van der Waals surface area contributed by atoms with Gasteiger partial charge in [-0.15, -0.1) is 0 Å². The lowest BCUT2D eigenvalue weighted by Crippen LogP contribution is -2.66. The molecular formula is C51H84O23. The summed E-state index contributed by atoms with van der Waals surface area (Å²) in [7, 11) is 0. The SMILES string of the molecule is CC(CCC1(O)OC2CC3C4CC=C5CC(OC6OC(CO)C(OC7OC(C)C(O)C(O)C7O)C(O)C6OC6OC(C)C(O)C(O)C6O)CCC5(C)C4CCC3(C)C2(O)C1C)COC1OC(CO)C(O)C(O)C1O. The van der Waals surface area contributed by atoms with Gasteiger partial charge >= 0.3 is 0 Å². The molecule has 0 aromatic carbocycles. The fourth-order valence-electron chi connectivity index (χ4n) is 14.9. The van der Waals surface area contributed by atoms with Crippen LogP contribution in [0, 0.1) is 40.4 Å². The minimum absolute atomic E-state index is 0.0822. The van der Waals surface area contributed by atoms with Crippen LogP contribution in [-0.4, -0.2) is 238 Å². The number of hydrogen-bond donors (Lipinski definition) is 14. The third-order valence-corrected chi connectivity index (χ3v) is 19.7. The third-order valence-electron chi connectivity index (χ3n) is 19.7. The molecule has 0 radical (unpaired) electrons. The average Bonchev–Trinajstić information content (AvgIpc) is 3.75. The molecular weight excluding hydrogens is 981 g/mol. The summed E-state index contributed by atoms with van der Waals surface area (Å²) in [5.74, 6) is -1.85. The van der Waals surface area contributed by atoms with E-state index < -0.39 is 171 Å². The summed E-state index contributed by atoms with van der Waals surface area (Å²) in [5, 5.41) is 152. The quantitative estimate of drug-likeness (QED) is 0.0778. The second-order valence-electron chi connectivity index (χ2n) is 23.9. The molecule has 0 aromatic rings. The van der Waals surface area contributed by atoms with E-state index in [1.54, 1.807) is 0 Å². The van der Waals surface area contributed by atoms with Crippen molar-refractivity contribution < 1.29 is 114 Å². The first kappa shape index (κ1) is 57.5. The van der Waals surface area contributed by atoms with Gasteiger partial charge in [0, 0.05) is 17.8 Å². The van der Waals surface area contributed by atoms with Crippen LogP contribution in [0.2, 0.25) is 0 Å². The summed E-state index contributed by atoms with van der Waals surface area (Å²) in [6.45, 7) is 9.93. The van der Waals surface area contributed by atoms with Gasteiger partial charge in [0.2, 0.25) is 0 Å². The minimum Gasteiger partial charge on any atom is -0.394 e. The van der Waals surface area contributed by atoms with Crippen LogP contribution in [0.3, 0.4) is 0 Å². The predicted molar refractivity (Wildman–Crippen MR) is 250 cm³/mol. The molecule has 426 valence electrons. The van der Waals surface area contributed by atoms with E-state index in [0.717, 1.165) is 19.3 Å². The van der Waals surface area contributed by atoms with Crippen molar-refractivity contribution in [1.29, 1.82) is 0 Å². The van der Waals surface area contributed by atoms with Crippen LogP contribution < -0.4 is 0 Å². The smallest absolute Gasteiger partial charge is 0.187 e. The first-order valence-corrected chi connectivity index (χ1v) is 26.9. The summed E-state index contributed by atoms with van der Waals surface area (Å²) in [6, 6.07) is 0. The summed E-state index contributed by atoms with van der Waals surface area (Å²) in [4.78, 5) is 0. The van der Waals surface area contributed by atoms with Crippen molar-refractivity contribution in [3.05, 3.63) is 11.6 Å². The van der Waals surface area contributed by atoms with Crippen molar-refractivity contribution >= 4 is 0 Å². The Bertz CT molecular complexity index is 1950. The second-order valence-corrected chi connectivity index (χ2v) is 23.9. The molecule has 23 nitrogen and oxygen atoms in total. The van der Waals surface area contributed by atoms with Crippen molar-refractivity contribution in [3.63, 3.8) is 0 Å². The Hall–Kier alpha value is -1.18. The van der Waals surface area contributed by atoms with Gasteiger partial charge in [-0.2, -0.15) is 0 Å². The molecule has 0 bridgehead atoms. The van der Waals surface area contributed by atoms with Crippen LogP contribution in [0.15, 0.2) is 11.6 Å². The van der Waals surface area contributed by atoms with E-state index >= 15 is 0 Å². The van der Waals surface area contributed by atoms with Crippen molar-refractivity contribution in [2.75, 3.05) is 19.8 Å². The van der Waals surface area contributed by atoms with Gasteiger partial charge in [0.1, 0.15) is 91.1 Å². The maximum absolute atomic E-state index is 12.9. The molecule has 0 amide bonds. The molecule has 8 fully saturated rings. The standard InChI is InChI=1S/C51H84O23/c1-20(19-66-44-38(60)37(59)34(56)29(17-52)70-44)9-14-50(64)23(4)51(65)31(74-50)16-28-26-8-7-24-15-25(10-12-48(24,5)27(26)11-13-49(28,51)6)69-47-43(73-46-40(62)36(58)33(55)22(3)68-46)41(63)42(30(18-53)71-47)72-45-39(61)35(57)32(54)21(2)67-45/h7,20-23,25-47,52-65H,8-19H2,1-6H3. The summed E-state index contributed by atoms with van der Waals surface area (Å²) in [5.41, 5.74) is -0.916. The van der Waals surface area contributed by atoms with Gasteiger partial charge in [-0.1, -0.05) is 39.3 Å². The average molecular weight is 1070 g/mol. The highest BCUT2D eigenvalue weighted by molar-refractivity contribution is 5.29. The van der Waals surface area contributed by atoms with Gasteiger partial charge in [0.05, 0.1) is 44.2 Å². The van der Waals surface area contributed by atoms with Crippen LogP contribution in [0.4, 0.5) is 0 Å². The van der Waals surface area contributed by atoms with Gasteiger partial charge in [0.25, 0.3) is 0 Å². The molecule has 31 atom stereocenters. The lowest BCUT2D eigenvalue weighted by Gasteiger charge is -2.59. The topological polar surface area (TPSA) is 366 Å². The number of aliphatic hydroxyl groups excluding tert-OH is 12. The highest BCUT2D eigenvalue weighted by Gasteiger charge is 2.75. The van der Waals surface area contributed by atoms with E-state index in [0.29, 0.717) is 32.1 Å². The van der Waals surface area contributed by atoms with Crippen LogP contribution in [0.25, 0.3) is 0 Å². The molecule has 5 aliphatic heterocycles. The van der Waals surface area contributed by atoms with Crippen LogP contribution in [-0.2, 0) is 42.6 Å². The molecule has 74 heavy (non-hydrogen) atoms. The Labute approximate surface area is 430 Å². The van der Waals surface area contributed by atoms with E-state index in [9.17, 15) is 71.5 Å². The Kier molecular flexibility index (Phi) is 16.9. The zero-order valence-electron chi connectivity index (χ0n) is 43.1. The van der Waals surface area contributed by atoms with Crippen LogP contribution in [0.1, 0.15) is 99.3 Å². The highest BCUT2D eigenvalue weighted by Crippen LogP contribution is 2.71. The first-order valence-electron chi connectivity index (χ1n) is 26.9. The van der Waals surface area contributed by atoms with E-state index in [4.69, 9.17) is 42.6 Å². The lowest BCUT2D eigenvalue weighted by atomic mass is 9.46. The van der Waals surface area contributed by atoms with Crippen molar-refractivity contribution in [1.82, 2.24) is 0 Å². The van der Waals surface area contributed by atoms with E-state index in [2.05, 4.69) is 19.9 Å². The maximum atomic E-state index is 12.9. The molecule has 5 saturated heterocycles. The van der Waals surface area contributed by atoms with Gasteiger partial charge in [0.15, 0.2) is 30.9 Å². The highest BCUT2D eigenvalue weighted by atomic mass is 16.8. The molecule has 4 aliphatic carbocycles. The normalized spacial score (nSPS) is 55.9. The number of rotatable bonds is 14. The Morgan fingerprint density at radius 3 is 1.84 bits per heavy atom. The van der Waals surface area contributed by atoms with Crippen LogP contribution in [0.5, 0.6) is 0 Å². The number of aliphatic hydroxyl groups is 14. The van der Waals surface area contributed by atoms with Gasteiger partial charge in [-0.05, 0) is 94.3 Å². The van der Waals surface area contributed by atoms with Crippen LogP contribution >= 0.6 is 0 Å². The van der Waals surface area contributed by atoms with Gasteiger partial charge in [-0.3, -0.25) is 0 Å². The largest absolute Gasteiger partial charge is 0.394 e. The monoisotopic (exact) mass is 1060 g/mol. The Morgan fingerprint density at radius 2 is 1.22 bits per heavy atom. The second kappa shape index (κ2) is 21.7. The lowest BCUT2D eigenvalue weighted by molar-refractivity contribution is -0.388. The molecule has 0 spiro atoms. The molecule has 3 saturated carbocycles. The zero-order valence-corrected chi connectivity index (χ0v) is 43.1. The number of ether oxygens (including phenoxy) is 9. The van der Waals surface area contributed by atoms with E-state index in [-0.39, 0.29) is 42.1 Å². The Balaban J connectivity index is 0.858. The summed E-state index contributed by atoms with van der Waals surface area (Å²) in [6.07, 6.45) is -22.8. The van der Waals surface area contributed by atoms with Crippen molar-refractivity contribution in [2.45, 2.75) is 246 Å². The number of fused-ring (bicyclic) bond motifs is 7. The molecule has 5 heterocycles.